The summed E-state index contributed by atoms with van der Waals surface area (Å²) in [6.07, 6.45) is 0. The molecule has 0 atom stereocenters. The molecule has 68 valence electrons. The van der Waals surface area contributed by atoms with Crippen LogP contribution in [0.25, 0.3) is 0 Å². The van der Waals surface area contributed by atoms with Crippen molar-refractivity contribution in [3.63, 3.8) is 0 Å². The molecule has 0 radical (unpaired) electrons. The van der Waals surface area contributed by atoms with Crippen LogP contribution in [0.1, 0.15) is 13.8 Å². The Balaban J connectivity index is 4.91. The number of rotatable bonds is 2. The normalized spacial score (nSPS) is 15.2. The second-order valence-corrected chi connectivity index (χ2v) is 12.6. The lowest BCUT2D eigenvalue weighted by Gasteiger charge is -2.52. The van der Waals surface area contributed by atoms with Crippen LogP contribution in [0.2, 0.25) is 19.6 Å². The van der Waals surface area contributed by atoms with Crippen molar-refractivity contribution in [1.82, 2.24) is 0 Å². The highest BCUT2D eigenvalue weighted by atomic mass is 31.2. The van der Waals surface area contributed by atoms with Gasteiger partial charge in [0.05, 0.1) is 8.07 Å². The Morgan fingerprint density at radius 1 is 1.18 bits per heavy atom. The minimum atomic E-state index is -4.43. The highest BCUT2D eigenvalue weighted by Crippen LogP contribution is 2.47. The Kier molecular flexibility index (Phi) is 2.79. The van der Waals surface area contributed by atoms with Gasteiger partial charge in [-0.1, -0.05) is 41.1 Å². The summed E-state index contributed by atoms with van der Waals surface area (Å²) >= 11 is 0. The molecule has 0 aliphatic rings. The summed E-state index contributed by atoms with van der Waals surface area (Å²) in [5.41, 5.74) is 0. The Morgan fingerprint density at radius 3 is 1.45 bits per heavy atom. The first-order chi connectivity index (χ1) is 4.50. The van der Waals surface area contributed by atoms with E-state index in [0.717, 1.165) is 0 Å². The molecule has 0 bridgehead atoms. The van der Waals surface area contributed by atoms with Gasteiger partial charge in [-0.2, -0.15) is 0 Å². The summed E-state index contributed by atoms with van der Waals surface area (Å²) in [5, 5.41) is 0. The third-order valence-electron chi connectivity index (χ3n) is 2.52. The fourth-order valence-corrected chi connectivity index (χ4v) is 3.70. The van der Waals surface area contributed by atoms with Crippen molar-refractivity contribution in [3.8, 4) is 0 Å². The summed E-state index contributed by atoms with van der Waals surface area (Å²) in [6.45, 7) is 8.71. The average molecular weight is 194 g/mol. The number of hydrogen-bond donors (Lipinski definition) is 0. The fourth-order valence-electron chi connectivity index (χ4n) is 0.411. The summed E-state index contributed by atoms with van der Waals surface area (Å²) in [7, 11) is -6.34. The monoisotopic (exact) mass is 194 g/mol. The van der Waals surface area contributed by atoms with Gasteiger partial charge in [-0.15, -0.1) is 0 Å². The van der Waals surface area contributed by atoms with Gasteiger partial charge >= 0.3 is 0 Å². The molecule has 3 nitrogen and oxygen atoms in total. The first-order valence-electron chi connectivity index (χ1n) is 3.52. The molecule has 0 fully saturated rings. The van der Waals surface area contributed by atoms with Crippen LogP contribution >= 0.6 is 7.60 Å². The van der Waals surface area contributed by atoms with E-state index < -0.39 is 20.4 Å². The van der Waals surface area contributed by atoms with Gasteiger partial charge in [-0.3, -0.25) is 0 Å². The first-order valence-corrected chi connectivity index (χ1v) is 8.56. The smallest absolute Gasteiger partial charge is 0.0557 e. The van der Waals surface area contributed by atoms with Crippen LogP contribution in [-0.2, 0) is 4.57 Å². The van der Waals surface area contributed by atoms with E-state index >= 15 is 0 Å². The van der Waals surface area contributed by atoms with Gasteiger partial charge in [-0.05, 0) is 4.78 Å². The van der Waals surface area contributed by atoms with Crippen molar-refractivity contribution in [2.45, 2.75) is 38.3 Å². The maximum Gasteiger partial charge on any atom is 0.0557 e. The van der Waals surface area contributed by atoms with Crippen LogP contribution in [0, 0.1) is 0 Å². The van der Waals surface area contributed by atoms with Crippen molar-refractivity contribution in [1.29, 1.82) is 0 Å². The van der Waals surface area contributed by atoms with Crippen molar-refractivity contribution >= 4 is 15.7 Å². The van der Waals surface area contributed by atoms with Crippen LogP contribution in [0.4, 0.5) is 0 Å². The standard InChI is InChI=1S/C6H17O3PSi/c1-6(2,10(7,8)9)11(3,4)5/h1-5H3,(H2,7,8,9)/p-2. The average Bonchev–Trinajstić information content (AvgIpc) is 1.58. The van der Waals surface area contributed by atoms with E-state index in [4.69, 9.17) is 0 Å². The molecular formula is C6H15O3PSi-2. The zero-order valence-corrected chi connectivity index (χ0v) is 9.57. The quantitative estimate of drug-likeness (QED) is 0.476. The summed E-state index contributed by atoms with van der Waals surface area (Å²) < 4.78 is 9.76. The largest absolute Gasteiger partial charge is 0.811 e. The molecule has 0 aliphatic carbocycles. The zero-order valence-electron chi connectivity index (χ0n) is 7.67. The van der Waals surface area contributed by atoms with E-state index in [1.54, 1.807) is 0 Å². The van der Waals surface area contributed by atoms with Crippen molar-refractivity contribution in [3.05, 3.63) is 0 Å². The molecule has 0 unspecified atom stereocenters. The van der Waals surface area contributed by atoms with Crippen LogP contribution in [-0.4, -0.2) is 12.9 Å². The van der Waals surface area contributed by atoms with Crippen molar-refractivity contribution < 1.29 is 14.4 Å². The van der Waals surface area contributed by atoms with E-state index in [0.29, 0.717) is 0 Å². The van der Waals surface area contributed by atoms with Gasteiger partial charge in [-0.25, -0.2) is 0 Å². The highest BCUT2D eigenvalue weighted by molar-refractivity contribution is 7.54. The Hall–Kier alpha value is 0.367. The Labute approximate surface area is 69.0 Å². The molecule has 0 amide bonds. The molecule has 0 heterocycles. The lowest BCUT2D eigenvalue weighted by molar-refractivity contribution is -0.317. The minimum Gasteiger partial charge on any atom is -0.811 e. The topological polar surface area (TPSA) is 63.2 Å². The molecule has 0 saturated heterocycles. The van der Waals surface area contributed by atoms with Crippen molar-refractivity contribution in [2.75, 3.05) is 0 Å². The van der Waals surface area contributed by atoms with Crippen LogP contribution in [0.5, 0.6) is 0 Å². The molecule has 0 N–H and O–H groups in total. The molecule has 0 spiro atoms. The maximum absolute atomic E-state index is 10.8. The SMILES string of the molecule is CC(C)([Si](C)(C)C)P(=O)([O-])[O-]. The summed E-state index contributed by atoms with van der Waals surface area (Å²) in [4.78, 5) is 21.6. The molecule has 5 heteroatoms. The molecule has 0 aromatic carbocycles. The predicted molar refractivity (Wildman–Crippen MR) is 45.0 cm³/mol. The van der Waals surface area contributed by atoms with Gasteiger partial charge in [0.25, 0.3) is 0 Å². The molecule has 0 aromatic heterocycles. The summed E-state index contributed by atoms with van der Waals surface area (Å²) in [6, 6.07) is 0. The Bertz CT molecular complexity index is 188. The van der Waals surface area contributed by atoms with Crippen LogP contribution in [0.3, 0.4) is 0 Å². The van der Waals surface area contributed by atoms with E-state index in [-0.39, 0.29) is 0 Å². The van der Waals surface area contributed by atoms with Crippen molar-refractivity contribution in [2.24, 2.45) is 0 Å². The second-order valence-electron chi connectivity index (χ2n) is 4.31. The zero-order chi connectivity index (χ0) is 9.50. The molecule has 0 saturated carbocycles. The fraction of sp³-hybridized carbons (Fsp3) is 1.00. The lowest BCUT2D eigenvalue weighted by Crippen LogP contribution is -2.52. The maximum atomic E-state index is 10.8. The van der Waals surface area contributed by atoms with E-state index in [1.807, 2.05) is 19.6 Å². The minimum absolute atomic E-state index is 1.04. The van der Waals surface area contributed by atoms with Crippen LogP contribution < -0.4 is 9.79 Å². The Morgan fingerprint density at radius 2 is 1.45 bits per heavy atom. The van der Waals surface area contributed by atoms with Gasteiger partial charge in [0.15, 0.2) is 0 Å². The number of hydrogen-bond acceptors (Lipinski definition) is 3. The van der Waals surface area contributed by atoms with Gasteiger partial charge in [0.1, 0.15) is 0 Å². The van der Waals surface area contributed by atoms with E-state index in [9.17, 15) is 14.4 Å². The summed E-state index contributed by atoms with van der Waals surface area (Å²) in [5.74, 6) is 0. The third-order valence-corrected chi connectivity index (χ3v) is 10.4. The van der Waals surface area contributed by atoms with Crippen LogP contribution in [0.15, 0.2) is 0 Å². The highest BCUT2D eigenvalue weighted by Gasteiger charge is 2.37. The molecule has 0 rings (SSSR count). The van der Waals surface area contributed by atoms with E-state index in [1.165, 1.54) is 13.8 Å². The van der Waals surface area contributed by atoms with Gasteiger partial charge < -0.3 is 14.4 Å². The van der Waals surface area contributed by atoms with Gasteiger partial charge in [0, 0.05) is 0 Å². The van der Waals surface area contributed by atoms with Gasteiger partial charge in [0.2, 0.25) is 0 Å². The van der Waals surface area contributed by atoms with E-state index in [2.05, 4.69) is 0 Å². The first kappa shape index (κ1) is 11.4. The molecule has 0 aliphatic heterocycles. The molecule has 0 aromatic rings. The lowest BCUT2D eigenvalue weighted by atomic mass is 10.5. The third kappa shape index (κ3) is 2.15. The second kappa shape index (κ2) is 2.70. The molecular weight excluding hydrogens is 179 g/mol. The predicted octanol–water partition coefficient (Wildman–Crippen LogP) is 0.556. The molecule has 11 heavy (non-hydrogen) atoms.